The number of primary amides is 1. The van der Waals surface area contributed by atoms with Gasteiger partial charge in [0.1, 0.15) is 0 Å². The van der Waals surface area contributed by atoms with Crippen LogP contribution < -0.4 is 5.73 Å². The summed E-state index contributed by atoms with van der Waals surface area (Å²) in [6, 6.07) is 20.8. The number of fused-ring (bicyclic) bond motifs is 3. The molecule has 4 rings (SSSR count). The molecular weight excluding hydrogens is 332 g/mol. The number of amides is 1. The molecule has 3 nitrogen and oxygen atoms in total. The number of aryl methyl sites for hydroxylation is 1. The number of nitrogens with zero attached hydrogens (tertiary/aromatic N) is 1. The van der Waals surface area contributed by atoms with Crippen LogP contribution in [0, 0.1) is 13.0 Å². The first-order valence-corrected chi connectivity index (χ1v) is 8.40. The second-order valence-corrected chi connectivity index (χ2v) is 6.65. The van der Waals surface area contributed by atoms with Crippen LogP contribution in [-0.4, -0.2) is 10.5 Å². The number of hydrogen-bond donors (Lipinski definition) is 1. The molecule has 0 saturated heterocycles. The van der Waals surface area contributed by atoms with Gasteiger partial charge in [0.15, 0.2) is 0 Å². The number of halogens is 1. The molecule has 0 fully saturated rings. The molecule has 2 N–H and O–H groups in total. The van der Waals surface area contributed by atoms with Crippen molar-refractivity contribution in [2.75, 3.05) is 0 Å². The Morgan fingerprint density at radius 1 is 1.16 bits per heavy atom. The molecule has 0 aliphatic rings. The molecule has 4 aromatic rings. The van der Waals surface area contributed by atoms with E-state index in [-0.39, 0.29) is 0 Å². The van der Waals surface area contributed by atoms with Crippen LogP contribution in [0.4, 0.5) is 0 Å². The van der Waals surface area contributed by atoms with E-state index in [4.69, 9.17) is 17.3 Å². The summed E-state index contributed by atoms with van der Waals surface area (Å²) >= 11 is 6.00. The largest absolute Gasteiger partial charge is 0.366 e. The Morgan fingerprint density at radius 3 is 2.64 bits per heavy atom. The van der Waals surface area contributed by atoms with Gasteiger partial charge in [0.25, 0.3) is 0 Å². The summed E-state index contributed by atoms with van der Waals surface area (Å²) in [6.07, 6.45) is 0. The second kappa shape index (κ2) is 5.94. The minimum Gasteiger partial charge on any atom is -0.366 e. The molecule has 0 unspecified atom stereocenters. The SMILES string of the molecule is Cc1c[c]c2c3c(C(N)=O)cccc3n(Cc3ccc(Cl)cc3)c2c1. The molecular formula is C21H16ClN2O. The van der Waals surface area contributed by atoms with Gasteiger partial charge in [0, 0.05) is 27.9 Å². The van der Waals surface area contributed by atoms with Crippen LogP contribution in [0.1, 0.15) is 21.5 Å². The van der Waals surface area contributed by atoms with Crippen LogP contribution in [0.2, 0.25) is 5.02 Å². The van der Waals surface area contributed by atoms with E-state index in [9.17, 15) is 4.79 Å². The number of nitrogens with two attached hydrogens (primary N) is 1. The molecule has 1 radical (unpaired) electrons. The topological polar surface area (TPSA) is 48.0 Å². The second-order valence-electron chi connectivity index (χ2n) is 6.21. The van der Waals surface area contributed by atoms with E-state index in [1.54, 1.807) is 6.07 Å². The average molecular weight is 348 g/mol. The third-order valence-corrected chi connectivity index (χ3v) is 4.71. The van der Waals surface area contributed by atoms with Gasteiger partial charge in [-0.15, -0.1) is 0 Å². The fourth-order valence-electron chi connectivity index (χ4n) is 3.31. The Balaban J connectivity index is 2.03. The van der Waals surface area contributed by atoms with Crippen molar-refractivity contribution in [2.45, 2.75) is 13.5 Å². The predicted octanol–water partition coefficient (Wildman–Crippen LogP) is 4.70. The maximum atomic E-state index is 11.9. The first kappa shape index (κ1) is 15.7. The van der Waals surface area contributed by atoms with Gasteiger partial charge in [-0.25, -0.2) is 0 Å². The summed E-state index contributed by atoms with van der Waals surface area (Å²) in [5.74, 6) is -0.426. The van der Waals surface area contributed by atoms with E-state index in [0.29, 0.717) is 17.1 Å². The van der Waals surface area contributed by atoms with Crippen LogP contribution in [0.3, 0.4) is 0 Å². The minimum absolute atomic E-state index is 0.426. The van der Waals surface area contributed by atoms with Gasteiger partial charge in [0.05, 0.1) is 11.0 Å². The number of carbonyl (C=O) groups excluding carboxylic acids is 1. The van der Waals surface area contributed by atoms with Crippen LogP contribution in [0.25, 0.3) is 21.8 Å². The lowest BCUT2D eigenvalue weighted by molar-refractivity contribution is 0.100. The highest BCUT2D eigenvalue weighted by atomic mass is 35.5. The first-order valence-electron chi connectivity index (χ1n) is 8.02. The molecule has 3 aromatic carbocycles. The lowest BCUT2D eigenvalue weighted by Crippen LogP contribution is -2.11. The first-order chi connectivity index (χ1) is 12.0. The summed E-state index contributed by atoms with van der Waals surface area (Å²) < 4.78 is 2.20. The van der Waals surface area contributed by atoms with Gasteiger partial charge in [0.2, 0.25) is 5.91 Å². The van der Waals surface area contributed by atoms with Crippen molar-refractivity contribution in [3.05, 3.63) is 82.4 Å². The predicted molar refractivity (Wildman–Crippen MR) is 102 cm³/mol. The summed E-state index contributed by atoms with van der Waals surface area (Å²) in [6.45, 7) is 2.71. The molecule has 0 bridgehead atoms. The zero-order valence-corrected chi connectivity index (χ0v) is 14.5. The normalized spacial score (nSPS) is 11.3. The third kappa shape index (κ3) is 2.67. The summed E-state index contributed by atoms with van der Waals surface area (Å²) in [5, 5.41) is 2.49. The Hall–Kier alpha value is -2.78. The standard InChI is InChI=1S/C21H16ClN2O/c1-13-5-10-16-19(11-13)24(12-14-6-8-15(22)9-7-14)18-4-2-3-17(20(16)18)21(23)25/h2-9,11H,12H2,1H3,(H2,23,25). The highest BCUT2D eigenvalue weighted by molar-refractivity contribution is 6.30. The highest BCUT2D eigenvalue weighted by Crippen LogP contribution is 2.32. The van der Waals surface area contributed by atoms with E-state index < -0.39 is 5.91 Å². The van der Waals surface area contributed by atoms with Gasteiger partial charge in [-0.3, -0.25) is 4.79 Å². The molecule has 1 amide bonds. The highest BCUT2D eigenvalue weighted by Gasteiger charge is 2.16. The monoisotopic (exact) mass is 347 g/mol. The molecule has 0 spiro atoms. The molecule has 0 atom stereocenters. The summed E-state index contributed by atoms with van der Waals surface area (Å²) in [5.41, 5.74) is 10.4. The van der Waals surface area contributed by atoms with Crippen molar-refractivity contribution in [1.82, 2.24) is 4.57 Å². The minimum atomic E-state index is -0.426. The quantitative estimate of drug-likeness (QED) is 0.573. The van der Waals surface area contributed by atoms with Crippen molar-refractivity contribution in [3.63, 3.8) is 0 Å². The summed E-state index contributed by atoms with van der Waals surface area (Å²) in [4.78, 5) is 11.9. The Bertz CT molecular complexity index is 1110. The van der Waals surface area contributed by atoms with E-state index in [1.165, 1.54) is 0 Å². The van der Waals surface area contributed by atoms with Gasteiger partial charge in [-0.2, -0.15) is 0 Å². The molecule has 0 aliphatic heterocycles. The molecule has 123 valence electrons. The molecule has 1 heterocycles. The number of hydrogen-bond acceptors (Lipinski definition) is 1. The molecule has 0 aliphatic carbocycles. The van der Waals surface area contributed by atoms with Crippen LogP contribution >= 0.6 is 11.6 Å². The maximum absolute atomic E-state index is 11.9. The lowest BCUT2D eigenvalue weighted by Gasteiger charge is -2.08. The average Bonchev–Trinajstić information content (AvgIpc) is 2.90. The molecule has 25 heavy (non-hydrogen) atoms. The number of rotatable bonds is 3. The van der Waals surface area contributed by atoms with E-state index >= 15 is 0 Å². The van der Waals surface area contributed by atoms with Crippen molar-refractivity contribution in [3.8, 4) is 0 Å². The van der Waals surface area contributed by atoms with Crippen LogP contribution in [-0.2, 0) is 6.54 Å². The van der Waals surface area contributed by atoms with E-state index in [1.807, 2.05) is 49.4 Å². The Kier molecular flexibility index (Phi) is 3.74. The van der Waals surface area contributed by atoms with Crippen molar-refractivity contribution in [2.24, 2.45) is 5.73 Å². The zero-order valence-electron chi connectivity index (χ0n) is 13.7. The van der Waals surface area contributed by atoms with Gasteiger partial charge < -0.3 is 10.3 Å². The number of carbonyl (C=O) groups is 1. The third-order valence-electron chi connectivity index (χ3n) is 4.46. The maximum Gasteiger partial charge on any atom is 0.249 e. The Morgan fingerprint density at radius 2 is 1.92 bits per heavy atom. The zero-order chi connectivity index (χ0) is 17.6. The lowest BCUT2D eigenvalue weighted by atomic mass is 10.1. The fourth-order valence-corrected chi connectivity index (χ4v) is 3.43. The Labute approximate surface area is 150 Å². The van der Waals surface area contributed by atoms with Gasteiger partial charge in [-0.1, -0.05) is 35.9 Å². The fraction of sp³-hybridized carbons (Fsp3) is 0.0952. The number of benzene rings is 3. The summed E-state index contributed by atoms with van der Waals surface area (Å²) in [7, 11) is 0. The molecule has 1 aromatic heterocycles. The van der Waals surface area contributed by atoms with Gasteiger partial charge >= 0.3 is 0 Å². The van der Waals surface area contributed by atoms with Crippen molar-refractivity contribution >= 4 is 39.3 Å². The smallest absolute Gasteiger partial charge is 0.249 e. The van der Waals surface area contributed by atoms with Crippen molar-refractivity contribution in [1.29, 1.82) is 0 Å². The van der Waals surface area contributed by atoms with Crippen molar-refractivity contribution < 1.29 is 4.79 Å². The van der Waals surface area contributed by atoms with Crippen LogP contribution in [0.15, 0.2) is 54.6 Å². The molecule has 0 saturated carbocycles. The molecule has 4 heteroatoms. The van der Waals surface area contributed by atoms with Crippen LogP contribution in [0.5, 0.6) is 0 Å². The van der Waals surface area contributed by atoms with Gasteiger partial charge in [-0.05, 0) is 54.4 Å². The number of aromatic nitrogens is 1. The van der Waals surface area contributed by atoms with E-state index in [0.717, 1.165) is 32.9 Å². The van der Waals surface area contributed by atoms with E-state index in [2.05, 4.69) is 16.7 Å².